The van der Waals surface area contributed by atoms with Gasteiger partial charge in [0.2, 0.25) is 5.88 Å². The van der Waals surface area contributed by atoms with Crippen molar-refractivity contribution < 1.29 is 24.2 Å². The van der Waals surface area contributed by atoms with E-state index < -0.39 is 12.0 Å². The summed E-state index contributed by atoms with van der Waals surface area (Å²) >= 11 is 0. The molecule has 1 aliphatic heterocycles. The van der Waals surface area contributed by atoms with E-state index in [1.807, 2.05) is 0 Å². The molecule has 0 spiro atoms. The molecule has 1 N–H and O–H groups in total. The van der Waals surface area contributed by atoms with Crippen molar-refractivity contribution in [2.45, 2.75) is 25.5 Å². The minimum absolute atomic E-state index is 0.0569. The number of aromatic nitrogens is 1. The number of hydrogen-bond acceptors (Lipinski definition) is 5. The van der Waals surface area contributed by atoms with Crippen LogP contribution in [0.5, 0.6) is 5.88 Å². The molecule has 7 nitrogen and oxygen atoms in total. The van der Waals surface area contributed by atoms with Crippen molar-refractivity contribution in [2.24, 2.45) is 0 Å². The molecule has 2 unspecified atom stereocenters. The Bertz CT molecular complexity index is 528. The fourth-order valence-corrected chi connectivity index (χ4v) is 1.93. The number of carboxylic acids is 1. The molecule has 0 saturated carbocycles. The first-order valence-corrected chi connectivity index (χ1v) is 6.69. The molecule has 114 valence electrons. The SMILES string of the molecule is CC(C(=O)O)N(C)C(=O)c1ccnc(OC2CCOC2)c1. The van der Waals surface area contributed by atoms with Crippen LogP contribution in [0, 0.1) is 0 Å². The quantitative estimate of drug-likeness (QED) is 0.864. The van der Waals surface area contributed by atoms with Crippen LogP contribution in [0.1, 0.15) is 23.7 Å². The zero-order valence-electron chi connectivity index (χ0n) is 12.0. The molecule has 2 heterocycles. The van der Waals surface area contributed by atoms with Gasteiger partial charge in [-0.1, -0.05) is 0 Å². The third-order valence-electron chi connectivity index (χ3n) is 3.42. The van der Waals surface area contributed by atoms with E-state index in [1.54, 1.807) is 0 Å². The van der Waals surface area contributed by atoms with Crippen molar-refractivity contribution in [2.75, 3.05) is 20.3 Å². The summed E-state index contributed by atoms with van der Waals surface area (Å²) in [5, 5.41) is 8.95. The van der Waals surface area contributed by atoms with Crippen molar-refractivity contribution in [3.63, 3.8) is 0 Å². The van der Waals surface area contributed by atoms with Crippen molar-refractivity contribution >= 4 is 11.9 Å². The lowest BCUT2D eigenvalue weighted by atomic mass is 10.2. The summed E-state index contributed by atoms with van der Waals surface area (Å²) in [6.45, 7) is 2.62. The maximum Gasteiger partial charge on any atom is 0.326 e. The largest absolute Gasteiger partial charge is 0.480 e. The first-order chi connectivity index (χ1) is 9.99. The first-order valence-electron chi connectivity index (χ1n) is 6.69. The summed E-state index contributed by atoms with van der Waals surface area (Å²) in [4.78, 5) is 28.4. The smallest absolute Gasteiger partial charge is 0.326 e. The predicted molar refractivity (Wildman–Crippen MR) is 73.3 cm³/mol. The molecule has 2 atom stereocenters. The summed E-state index contributed by atoms with van der Waals surface area (Å²) in [6.07, 6.45) is 2.20. The highest BCUT2D eigenvalue weighted by Gasteiger charge is 2.24. The molecular formula is C14H18N2O5. The fourth-order valence-electron chi connectivity index (χ4n) is 1.93. The molecule has 1 fully saturated rings. The van der Waals surface area contributed by atoms with E-state index in [2.05, 4.69) is 4.98 Å². The summed E-state index contributed by atoms with van der Waals surface area (Å²) in [6, 6.07) is 2.15. The lowest BCUT2D eigenvalue weighted by Gasteiger charge is -2.21. The summed E-state index contributed by atoms with van der Waals surface area (Å²) in [5.74, 6) is -1.10. The Morgan fingerprint density at radius 1 is 1.57 bits per heavy atom. The van der Waals surface area contributed by atoms with Crippen LogP contribution in [-0.4, -0.2) is 59.3 Å². The molecule has 0 bridgehead atoms. The number of pyridine rings is 1. The van der Waals surface area contributed by atoms with Gasteiger partial charge in [-0.3, -0.25) is 4.79 Å². The average molecular weight is 294 g/mol. The lowest BCUT2D eigenvalue weighted by molar-refractivity contribution is -0.141. The highest BCUT2D eigenvalue weighted by molar-refractivity contribution is 5.96. The molecule has 1 aliphatic rings. The number of carboxylic acid groups (broad SMARTS) is 1. The Hall–Kier alpha value is -2.15. The van der Waals surface area contributed by atoms with Gasteiger partial charge >= 0.3 is 5.97 Å². The number of aliphatic carboxylic acids is 1. The van der Waals surface area contributed by atoms with Gasteiger partial charge in [0.05, 0.1) is 13.2 Å². The van der Waals surface area contributed by atoms with Gasteiger partial charge in [-0.25, -0.2) is 9.78 Å². The van der Waals surface area contributed by atoms with E-state index in [-0.39, 0.29) is 12.0 Å². The van der Waals surface area contributed by atoms with Crippen molar-refractivity contribution in [1.82, 2.24) is 9.88 Å². The molecule has 1 aromatic rings. The van der Waals surface area contributed by atoms with Crippen molar-refractivity contribution in [3.8, 4) is 5.88 Å². The Morgan fingerprint density at radius 2 is 2.33 bits per heavy atom. The second kappa shape index (κ2) is 6.53. The minimum atomic E-state index is -1.06. The van der Waals surface area contributed by atoms with E-state index in [0.29, 0.717) is 24.7 Å². The highest BCUT2D eigenvalue weighted by atomic mass is 16.5. The third kappa shape index (κ3) is 3.69. The number of carbonyl (C=O) groups is 2. The van der Waals surface area contributed by atoms with E-state index in [9.17, 15) is 9.59 Å². The summed E-state index contributed by atoms with van der Waals surface area (Å²) in [5.41, 5.74) is 0.342. The summed E-state index contributed by atoms with van der Waals surface area (Å²) in [7, 11) is 1.45. The molecular weight excluding hydrogens is 276 g/mol. The van der Waals surface area contributed by atoms with Gasteiger partial charge in [0, 0.05) is 31.3 Å². The molecule has 1 aromatic heterocycles. The second-order valence-corrected chi connectivity index (χ2v) is 4.92. The van der Waals surface area contributed by atoms with Crippen LogP contribution in [-0.2, 0) is 9.53 Å². The van der Waals surface area contributed by atoms with Crippen LogP contribution in [0.15, 0.2) is 18.3 Å². The van der Waals surface area contributed by atoms with Crippen LogP contribution < -0.4 is 4.74 Å². The van der Waals surface area contributed by atoms with Gasteiger partial charge in [0.15, 0.2) is 0 Å². The molecule has 0 radical (unpaired) electrons. The van der Waals surface area contributed by atoms with Gasteiger partial charge < -0.3 is 19.5 Å². The van der Waals surface area contributed by atoms with Crippen LogP contribution in [0.3, 0.4) is 0 Å². The number of likely N-dealkylation sites (N-methyl/N-ethyl adjacent to an activating group) is 1. The number of carbonyl (C=O) groups excluding carboxylic acids is 1. The molecule has 0 aromatic carbocycles. The minimum Gasteiger partial charge on any atom is -0.480 e. The van der Waals surface area contributed by atoms with E-state index >= 15 is 0 Å². The predicted octanol–water partition coefficient (Wildman–Crippen LogP) is 0.794. The van der Waals surface area contributed by atoms with Gasteiger partial charge in [0.25, 0.3) is 5.91 Å². The van der Waals surface area contributed by atoms with Crippen molar-refractivity contribution in [3.05, 3.63) is 23.9 Å². The van der Waals surface area contributed by atoms with Crippen LogP contribution in [0.4, 0.5) is 0 Å². The number of amides is 1. The molecule has 0 aliphatic carbocycles. The monoisotopic (exact) mass is 294 g/mol. The number of ether oxygens (including phenoxy) is 2. The Balaban J connectivity index is 2.08. The average Bonchev–Trinajstić information content (AvgIpc) is 2.98. The standard InChI is InChI=1S/C14H18N2O5/c1-9(14(18)19)16(2)13(17)10-3-5-15-12(7-10)21-11-4-6-20-8-11/h3,5,7,9,11H,4,6,8H2,1-2H3,(H,18,19). The topological polar surface area (TPSA) is 89.0 Å². The highest BCUT2D eigenvalue weighted by Crippen LogP contribution is 2.17. The number of nitrogens with zero attached hydrogens (tertiary/aromatic N) is 2. The maximum absolute atomic E-state index is 12.2. The normalized spacial score (nSPS) is 19.0. The van der Waals surface area contributed by atoms with E-state index in [1.165, 1.54) is 37.2 Å². The first kappa shape index (κ1) is 15.2. The molecule has 7 heteroatoms. The van der Waals surface area contributed by atoms with Gasteiger partial charge in [-0.2, -0.15) is 0 Å². The molecule has 2 rings (SSSR count). The lowest BCUT2D eigenvalue weighted by Crippen LogP contribution is -2.40. The Labute approximate surface area is 122 Å². The molecule has 1 amide bonds. The zero-order chi connectivity index (χ0) is 15.4. The maximum atomic E-state index is 12.2. The van der Waals surface area contributed by atoms with E-state index in [4.69, 9.17) is 14.6 Å². The Kier molecular flexibility index (Phi) is 4.74. The number of rotatable bonds is 5. The zero-order valence-corrected chi connectivity index (χ0v) is 12.0. The van der Waals surface area contributed by atoms with Crippen LogP contribution in [0.2, 0.25) is 0 Å². The van der Waals surface area contributed by atoms with Gasteiger partial charge in [-0.05, 0) is 13.0 Å². The molecule has 1 saturated heterocycles. The fraction of sp³-hybridized carbons (Fsp3) is 0.500. The summed E-state index contributed by atoms with van der Waals surface area (Å²) < 4.78 is 10.8. The number of hydrogen-bond donors (Lipinski definition) is 1. The third-order valence-corrected chi connectivity index (χ3v) is 3.42. The van der Waals surface area contributed by atoms with Crippen LogP contribution >= 0.6 is 0 Å². The van der Waals surface area contributed by atoms with Gasteiger partial charge in [-0.15, -0.1) is 0 Å². The van der Waals surface area contributed by atoms with E-state index in [0.717, 1.165) is 6.42 Å². The Morgan fingerprint density at radius 3 is 2.95 bits per heavy atom. The van der Waals surface area contributed by atoms with Crippen molar-refractivity contribution in [1.29, 1.82) is 0 Å². The van der Waals surface area contributed by atoms with Crippen LogP contribution in [0.25, 0.3) is 0 Å². The molecule has 21 heavy (non-hydrogen) atoms. The van der Waals surface area contributed by atoms with Gasteiger partial charge in [0.1, 0.15) is 12.1 Å². The second-order valence-electron chi connectivity index (χ2n) is 4.92.